The van der Waals surface area contributed by atoms with Gasteiger partial charge >= 0.3 is 5.97 Å². The number of hydrogen-bond acceptors (Lipinski definition) is 3. The van der Waals surface area contributed by atoms with Gasteiger partial charge in [-0.15, -0.1) is 0 Å². The van der Waals surface area contributed by atoms with Crippen molar-refractivity contribution in [2.75, 3.05) is 6.61 Å². The van der Waals surface area contributed by atoms with Crippen molar-refractivity contribution < 1.29 is 14.3 Å². The molecule has 0 saturated carbocycles. The highest BCUT2D eigenvalue weighted by Gasteiger charge is 2.19. The van der Waals surface area contributed by atoms with E-state index in [2.05, 4.69) is 26.0 Å². The molecule has 0 aliphatic heterocycles. The molecule has 19 heavy (non-hydrogen) atoms. The number of esters is 1. The number of ketones is 1. The Kier molecular flexibility index (Phi) is 5.74. The number of carbonyl (C=O) groups excluding carboxylic acids is 2. The van der Waals surface area contributed by atoms with E-state index in [-0.39, 0.29) is 18.9 Å². The zero-order valence-electron chi connectivity index (χ0n) is 12.1. The van der Waals surface area contributed by atoms with Gasteiger partial charge in [-0.05, 0) is 29.9 Å². The molecular weight excluding hydrogens is 240 g/mol. The summed E-state index contributed by atoms with van der Waals surface area (Å²) >= 11 is 0. The monoisotopic (exact) mass is 262 g/mol. The zero-order valence-corrected chi connectivity index (χ0v) is 12.1. The SMILES string of the molecule is CCOC(=O)C(=O)CC(C)c1cccc(C(C)C)c1. The first-order valence-electron chi connectivity index (χ1n) is 6.75. The van der Waals surface area contributed by atoms with Crippen LogP contribution in [0.25, 0.3) is 0 Å². The summed E-state index contributed by atoms with van der Waals surface area (Å²) in [7, 11) is 0. The molecule has 0 spiro atoms. The maximum Gasteiger partial charge on any atom is 0.374 e. The van der Waals surface area contributed by atoms with Gasteiger partial charge in [0, 0.05) is 6.42 Å². The molecule has 0 heterocycles. The molecule has 1 unspecified atom stereocenters. The Hall–Kier alpha value is -1.64. The molecule has 0 radical (unpaired) electrons. The quantitative estimate of drug-likeness (QED) is 0.582. The molecule has 0 bridgehead atoms. The minimum atomic E-state index is -0.727. The summed E-state index contributed by atoms with van der Waals surface area (Å²) in [6.07, 6.45) is 0.195. The van der Waals surface area contributed by atoms with E-state index in [9.17, 15) is 9.59 Å². The van der Waals surface area contributed by atoms with E-state index in [1.807, 2.05) is 19.1 Å². The maximum absolute atomic E-state index is 11.7. The molecule has 0 aliphatic carbocycles. The van der Waals surface area contributed by atoms with Crippen LogP contribution in [0.2, 0.25) is 0 Å². The first-order valence-corrected chi connectivity index (χ1v) is 6.75. The molecule has 1 rings (SSSR count). The van der Waals surface area contributed by atoms with Gasteiger partial charge in [0.1, 0.15) is 0 Å². The minimum Gasteiger partial charge on any atom is -0.460 e. The van der Waals surface area contributed by atoms with Crippen molar-refractivity contribution in [2.45, 2.75) is 46.0 Å². The van der Waals surface area contributed by atoms with Crippen LogP contribution in [0.15, 0.2) is 24.3 Å². The lowest BCUT2D eigenvalue weighted by atomic mass is 9.92. The molecule has 104 valence electrons. The largest absolute Gasteiger partial charge is 0.460 e. The van der Waals surface area contributed by atoms with E-state index in [1.54, 1.807) is 6.92 Å². The molecule has 0 saturated heterocycles. The van der Waals surface area contributed by atoms with Crippen LogP contribution in [0.1, 0.15) is 57.1 Å². The fourth-order valence-corrected chi connectivity index (χ4v) is 1.92. The molecule has 1 atom stereocenters. The fourth-order valence-electron chi connectivity index (χ4n) is 1.92. The number of carbonyl (C=O) groups is 2. The van der Waals surface area contributed by atoms with Crippen molar-refractivity contribution in [3.8, 4) is 0 Å². The van der Waals surface area contributed by atoms with E-state index in [0.717, 1.165) is 5.56 Å². The van der Waals surface area contributed by atoms with Gasteiger partial charge in [0.05, 0.1) is 6.61 Å². The number of hydrogen-bond donors (Lipinski definition) is 0. The van der Waals surface area contributed by atoms with E-state index < -0.39 is 11.8 Å². The summed E-state index contributed by atoms with van der Waals surface area (Å²) in [5.74, 6) is -0.706. The molecular formula is C16H22O3. The van der Waals surface area contributed by atoms with Crippen molar-refractivity contribution in [2.24, 2.45) is 0 Å². The highest BCUT2D eigenvalue weighted by molar-refractivity contribution is 6.33. The van der Waals surface area contributed by atoms with Gasteiger partial charge in [-0.2, -0.15) is 0 Å². The average Bonchev–Trinajstić information content (AvgIpc) is 2.39. The summed E-state index contributed by atoms with van der Waals surface area (Å²) in [6, 6.07) is 8.17. The Morgan fingerprint density at radius 3 is 2.37 bits per heavy atom. The smallest absolute Gasteiger partial charge is 0.374 e. The molecule has 0 fully saturated rings. The van der Waals surface area contributed by atoms with Crippen molar-refractivity contribution in [3.05, 3.63) is 35.4 Å². The van der Waals surface area contributed by atoms with Crippen LogP contribution in [0.3, 0.4) is 0 Å². The van der Waals surface area contributed by atoms with E-state index >= 15 is 0 Å². The summed E-state index contributed by atoms with van der Waals surface area (Å²) in [5.41, 5.74) is 2.33. The van der Waals surface area contributed by atoms with E-state index in [0.29, 0.717) is 5.92 Å². The number of rotatable bonds is 6. The Bertz CT molecular complexity index is 449. The van der Waals surface area contributed by atoms with E-state index in [1.165, 1.54) is 5.56 Å². The Morgan fingerprint density at radius 1 is 1.16 bits per heavy atom. The number of benzene rings is 1. The molecule has 0 aromatic heterocycles. The van der Waals surface area contributed by atoms with E-state index in [4.69, 9.17) is 4.74 Å². The van der Waals surface area contributed by atoms with Gasteiger partial charge in [0.15, 0.2) is 0 Å². The van der Waals surface area contributed by atoms with Crippen molar-refractivity contribution in [1.29, 1.82) is 0 Å². The molecule has 3 heteroatoms. The van der Waals surface area contributed by atoms with Gasteiger partial charge in [0.25, 0.3) is 0 Å². The number of Topliss-reactive ketones (excluding diaryl/α,β-unsaturated/α-hetero) is 1. The first-order chi connectivity index (χ1) is 8.95. The van der Waals surface area contributed by atoms with Crippen LogP contribution in [-0.2, 0) is 14.3 Å². The van der Waals surface area contributed by atoms with Gasteiger partial charge < -0.3 is 4.74 Å². The van der Waals surface area contributed by atoms with Crippen LogP contribution < -0.4 is 0 Å². The number of ether oxygens (including phenoxy) is 1. The molecule has 0 aliphatic rings. The lowest BCUT2D eigenvalue weighted by Crippen LogP contribution is -2.19. The van der Waals surface area contributed by atoms with Crippen LogP contribution >= 0.6 is 0 Å². The van der Waals surface area contributed by atoms with Crippen molar-refractivity contribution in [1.82, 2.24) is 0 Å². The summed E-state index contributed by atoms with van der Waals surface area (Å²) in [5, 5.41) is 0. The second kappa shape index (κ2) is 7.07. The third-order valence-corrected chi connectivity index (χ3v) is 3.14. The Balaban J connectivity index is 2.72. The molecule has 1 aromatic carbocycles. The average molecular weight is 262 g/mol. The highest BCUT2D eigenvalue weighted by Crippen LogP contribution is 2.23. The summed E-state index contributed by atoms with van der Waals surface area (Å²) < 4.78 is 4.71. The summed E-state index contributed by atoms with van der Waals surface area (Å²) in [6.45, 7) is 8.15. The third kappa shape index (κ3) is 4.51. The predicted molar refractivity (Wildman–Crippen MR) is 75.2 cm³/mol. The second-order valence-corrected chi connectivity index (χ2v) is 5.07. The van der Waals surface area contributed by atoms with Crippen LogP contribution in [0.5, 0.6) is 0 Å². The zero-order chi connectivity index (χ0) is 14.4. The Labute approximate surface area is 115 Å². The minimum absolute atomic E-state index is 0.0237. The fraction of sp³-hybridized carbons (Fsp3) is 0.500. The van der Waals surface area contributed by atoms with Crippen molar-refractivity contribution >= 4 is 11.8 Å². The first kappa shape index (κ1) is 15.4. The topological polar surface area (TPSA) is 43.4 Å². The Morgan fingerprint density at radius 2 is 1.79 bits per heavy atom. The van der Waals surface area contributed by atoms with Crippen LogP contribution in [-0.4, -0.2) is 18.4 Å². The standard InChI is InChI=1S/C16H22O3/c1-5-19-16(18)15(17)9-12(4)14-8-6-7-13(10-14)11(2)3/h6-8,10-12H,5,9H2,1-4H3. The lowest BCUT2D eigenvalue weighted by molar-refractivity contribution is -0.153. The normalized spacial score (nSPS) is 12.3. The summed E-state index contributed by atoms with van der Waals surface area (Å²) in [4.78, 5) is 23.0. The van der Waals surface area contributed by atoms with Gasteiger partial charge in [-0.3, -0.25) is 4.79 Å². The second-order valence-electron chi connectivity index (χ2n) is 5.07. The van der Waals surface area contributed by atoms with Crippen LogP contribution in [0.4, 0.5) is 0 Å². The van der Waals surface area contributed by atoms with Gasteiger partial charge in [0.2, 0.25) is 5.78 Å². The molecule has 0 N–H and O–H groups in total. The van der Waals surface area contributed by atoms with Gasteiger partial charge in [-0.25, -0.2) is 4.79 Å². The van der Waals surface area contributed by atoms with Crippen molar-refractivity contribution in [3.63, 3.8) is 0 Å². The highest BCUT2D eigenvalue weighted by atomic mass is 16.5. The molecule has 0 amide bonds. The maximum atomic E-state index is 11.7. The van der Waals surface area contributed by atoms with Crippen LogP contribution in [0, 0.1) is 0 Å². The molecule has 1 aromatic rings. The lowest BCUT2D eigenvalue weighted by Gasteiger charge is -2.13. The predicted octanol–water partition coefficient (Wildman–Crippen LogP) is 3.44. The third-order valence-electron chi connectivity index (χ3n) is 3.14. The molecule has 3 nitrogen and oxygen atoms in total. The van der Waals surface area contributed by atoms with Gasteiger partial charge in [-0.1, -0.05) is 45.0 Å².